The molecule has 1 atom stereocenters. The molecule has 10 heteroatoms. The normalized spacial score (nSPS) is 15.2. The van der Waals surface area contributed by atoms with Crippen LogP contribution in [0.3, 0.4) is 0 Å². The number of nitrogens with one attached hydrogen (secondary N) is 1. The number of ketones is 1. The number of hydrogen-bond donors (Lipinski definition) is 1. The van der Waals surface area contributed by atoms with Gasteiger partial charge in [0, 0.05) is 22.2 Å². The number of nitrogens with zero attached hydrogens (tertiary/aromatic N) is 2. The van der Waals surface area contributed by atoms with E-state index in [1.165, 1.54) is 29.2 Å². The first-order valence-corrected chi connectivity index (χ1v) is 13.2. The number of Topliss-reactive ketones (excluding diaryl/α,β-unsaturated/α-hetero) is 1. The molecule has 0 saturated carbocycles. The fourth-order valence-corrected chi connectivity index (χ4v) is 5.43. The van der Waals surface area contributed by atoms with E-state index in [-0.39, 0.29) is 17.2 Å². The van der Waals surface area contributed by atoms with Crippen molar-refractivity contribution in [2.45, 2.75) is 25.7 Å². The van der Waals surface area contributed by atoms with E-state index < -0.39 is 17.8 Å². The number of methoxy groups -OCH3 is 1. The third kappa shape index (κ3) is 5.48. The molecule has 40 heavy (non-hydrogen) atoms. The monoisotopic (exact) mass is 561 g/mol. The molecule has 0 spiro atoms. The Hall–Kier alpha value is -4.44. The second-order valence-corrected chi connectivity index (χ2v) is 10.3. The zero-order valence-electron chi connectivity index (χ0n) is 21.9. The fraction of sp³-hybridized carbons (Fsp3) is 0.167. The Morgan fingerprint density at radius 2 is 1.70 bits per heavy atom. The minimum Gasteiger partial charge on any atom is -0.497 e. The van der Waals surface area contributed by atoms with Crippen LogP contribution in [0, 0.1) is 6.92 Å². The van der Waals surface area contributed by atoms with Gasteiger partial charge in [0.15, 0.2) is 11.0 Å². The van der Waals surface area contributed by atoms with Crippen LogP contribution in [-0.4, -0.2) is 40.8 Å². The molecule has 204 valence electrons. The van der Waals surface area contributed by atoms with Crippen molar-refractivity contribution in [3.05, 3.63) is 95.3 Å². The lowest BCUT2D eigenvalue weighted by Gasteiger charge is -2.20. The van der Waals surface area contributed by atoms with Gasteiger partial charge in [0.05, 0.1) is 18.0 Å². The highest BCUT2D eigenvalue weighted by molar-refractivity contribution is 8.15. The minimum atomic E-state index is -2.97. The van der Waals surface area contributed by atoms with Gasteiger partial charge in [0.2, 0.25) is 0 Å². The van der Waals surface area contributed by atoms with Gasteiger partial charge in [0.1, 0.15) is 17.2 Å². The summed E-state index contributed by atoms with van der Waals surface area (Å²) in [5.74, 6) is 0.114. The summed E-state index contributed by atoms with van der Waals surface area (Å²) in [6.45, 7) is 0.655. The molecule has 7 nitrogen and oxygen atoms in total. The molecule has 1 amide bonds. The van der Waals surface area contributed by atoms with Gasteiger partial charge in [-0.15, -0.1) is 0 Å². The number of fused-ring (bicyclic) bond motifs is 1. The van der Waals surface area contributed by atoms with E-state index in [4.69, 9.17) is 4.74 Å². The van der Waals surface area contributed by atoms with E-state index in [2.05, 4.69) is 14.7 Å². The number of aliphatic imine (C=N–C) groups is 1. The number of carbonyl (C=O) groups is 2. The van der Waals surface area contributed by atoms with Crippen molar-refractivity contribution in [2.24, 2.45) is 4.99 Å². The van der Waals surface area contributed by atoms with Crippen molar-refractivity contribution in [3.63, 3.8) is 0 Å². The first-order valence-electron chi connectivity index (χ1n) is 12.4. The second kappa shape index (κ2) is 11.4. The number of thioether (sulfide) groups is 1. The average Bonchev–Trinajstić information content (AvgIpc) is 3.43. The number of hydrogen-bond acceptors (Lipinski definition) is 6. The lowest BCUT2D eigenvalue weighted by molar-refractivity contribution is -0.113. The molecular formula is C30H25F2N3O4S. The summed E-state index contributed by atoms with van der Waals surface area (Å²) in [6, 6.07) is 20.4. The number of para-hydroxylation sites is 1. The van der Waals surface area contributed by atoms with E-state index in [1.807, 2.05) is 31.2 Å². The van der Waals surface area contributed by atoms with Crippen molar-refractivity contribution in [1.29, 1.82) is 0 Å². The molecule has 0 bridgehead atoms. The van der Waals surface area contributed by atoms with Gasteiger partial charge in [0.25, 0.3) is 5.91 Å². The second-order valence-electron chi connectivity index (χ2n) is 9.00. The molecule has 1 aliphatic heterocycles. The number of H-pyrrole nitrogens is 1. The largest absolute Gasteiger partial charge is 0.497 e. The fourth-order valence-electron chi connectivity index (χ4n) is 4.45. The maximum Gasteiger partial charge on any atom is 0.387 e. The molecule has 1 aliphatic rings. The third-order valence-electron chi connectivity index (χ3n) is 6.36. The van der Waals surface area contributed by atoms with E-state index in [0.29, 0.717) is 22.2 Å². The number of ether oxygens (including phenoxy) is 2. The summed E-state index contributed by atoms with van der Waals surface area (Å²) in [7, 11) is 1.57. The minimum absolute atomic E-state index is 0.0381. The van der Waals surface area contributed by atoms with Gasteiger partial charge in [-0.05, 0) is 68.0 Å². The predicted molar refractivity (Wildman–Crippen MR) is 153 cm³/mol. The maximum absolute atomic E-state index is 13.6. The van der Waals surface area contributed by atoms with Crippen LogP contribution < -0.4 is 14.4 Å². The van der Waals surface area contributed by atoms with Crippen LogP contribution in [0.5, 0.6) is 11.5 Å². The highest BCUT2D eigenvalue weighted by Crippen LogP contribution is 2.34. The zero-order valence-corrected chi connectivity index (χ0v) is 22.7. The molecule has 0 radical (unpaired) electrons. The van der Waals surface area contributed by atoms with Gasteiger partial charge < -0.3 is 14.5 Å². The molecular weight excluding hydrogens is 536 g/mol. The number of aromatic nitrogens is 1. The zero-order chi connectivity index (χ0) is 28.4. The smallest absolute Gasteiger partial charge is 0.387 e. The Morgan fingerprint density at radius 3 is 2.38 bits per heavy atom. The molecule has 2 heterocycles. The molecule has 1 aromatic heterocycles. The number of benzene rings is 3. The van der Waals surface area contributed by atoms with Gasteiger partial charge in [-0.2, -0.15) is 8.78 Å². The number of anilines is 1. The number of halogens is 2. The van der Waals surface area contributed by atoms with Gasteiger partial charge in [-0.25, -0.2) is 4.99 Å². The number of amides is 1. The quantitative estimate of drug-likeness (QED) is 0.188. The van der Waals surface area contributed by atoms with Gasteiger partial charge >= 0.3 is 6.61 Å². The maximum atomic E-state index is 13.6. The average molecular weight is 562 g/mol. The molecule has 0 unspecified atom stereocenters. The first kappa shape index (κ1) is 27.1. The van der Waals surface area contributed by atoms with Crippen LogP contribution in [0.1, 0.15) is 28.5 Å². The molecule has 5 rings (SSSR count). The van der Waals surface area contributed by atoms with Gasteiger partial charge in [-0.3, -0.25) is 14.5 Å². The molecule has 0 saturated heterocycles. The third-order valence-corrected chi connectivity index (χ3v) is 7.41. The Morgan fingerprint density at radius 1 is 1.02 bits per heavy atom. The highest BCUT2D eigenvalue weighted by Gasteiger charge is 2.35. The highest BCUT2D eigenvalue weighted by atomic mass is 32.2. The Bertz CT molecular complexity index is 1630. The number of aryl methyl sites for hydroxylation is 1. The Labute approximate surface area is 233 Å². The summed E-state index contributed by atoms with van der Waals surface area (Å²) in [5, 5.41) is 0.535. The summed E-state index contributed by atoms with van der Waals surface area (Å²) in [5.41, 5.74) is 3.52. The lowest BCUT2D eigenvalue weighted by Crippen LogP contribution is -2.32. The van der Waals surface area contributed by atoms with Crippen LogP contribution >= 0.6 is 11.8 Å². The van der Waals surface area contributed by atoms with E-state index >= 15 is 0 Å². The van der Waals surface area contributed by atoms with E-state index in [0.717, 1.165) is 33.9 Å². The lowest BCUT2D eigenvalue weighted by atomic mass is 10.1. The van der Waals surface area contributed by atoms with E-state index in [9.17, 15) is 18.4 Å². The van der Waals surface area contributed by atoms with Crippen molar-refractivity contribution in [1.82, 2.24) is 4.98 Å². The topological polar surface area (TPSA) is 84.0 Å². The Kier molecular flexibility index (Phi) is 7.70. The number of rotatable bonds is 8. The van der Waals surface area contributed by atoms with Crippen molar-refractivity contribution in [2.75, 3.05) is 12.0 Å². The molecule has 0 fully saturated rings. The van der Waals surface area contributed by atoms with Crippen LogP contribution in [-0.2, 0) is 4.79 Å². The first-order chi connectivity index (χ1) is 19.2. The summed E-state index contributed by atoms with van der Waals surface area (Å²) < 4.78 is 35.0. The van der Waals surface area contributed by atoms with Crippen LogP contribution in [0.2, 0.25) is 0 Å². The van der Waals surface area contributed by atoms with Crippen molar-refractivity contribution < 1.29 is 27.8 Å². The standard InChI is InChI=1S/C30H25F2N3O4S/c1-17-26(23-6-4-5-7-24(23)33-17)27(36)18(2)40-30-34-25(16-19-8-12-21(38-3)13-9-19)28(37)35(30)20-10-14-22(15-11-20)39-29(31)32/h4-16,18,29,33H,1-3H3/b25-16-/t18-/m1/s1. The van der Waals surface area contributed by atoms with Crippen LogP contribution in [0.4, 0.5) is 14.5 Å². The predicted octanol–water partition coefficient (Wildman–Crippen LogP) is 6.83. The van der Waals surface area contributed by atoms with Crippen molar-refractivity contribution >= 4 is 51.3 Å². The summed E-state index contributed by atoms with van der Waals surface area (Å²) in [6.07, 6.45) is 1.65. The van der Waals surface area contributed by atoms with Crippen LogP contribution in [0.25, 0.3) is 17.0 Å². The number of alkyl halides is 2. The summed E-state index contributed by atoms with van der Waals surface area (Å²) >= 11 is 1.15. The molecule has 4 aromatic rings. The molecule has 3 aromatic carbocycles. The number of carbonyl (C=O) groups excluding carboxylic acids is 2. The summed E-state index contributed by atoms with van der Waals surface area (Å²) in [4.78, 5) is 36.4. The van der Waals surface area contributed by atoms with Crippen LogP contribution in [0.15, 0.2) is 83.5 Å². The molecule has 0 aliphatic carbocycles. The Balaban J connectivity index is 1.48. The van der Waals surface area contributed by atoms with Gasteiger partial charge in [-0.1, -0.05) is 42.1 Å². The van der Waals surface area contributed by atoms with Crippen molar-refractivity contribution in [3.8, 4) is 11.5 Å². The van der Waals surface area contributed by atoms with E-state index in [1.54, 1.807) is 44.4 Å². The SMILES string of the molecule is COc1ccc(/C=C2\N=C(S[C@H](C)C(=O)c3c(C)[nH]c4ccccc34)N(c3ccc(OC(F)F)cc3)C2=O)cc1. The number of aromatic amines is 1. The molecule has 1 N–H and O–H groups in total. The number of amidine groups is 1.